The number of nitrogens with zero attached hydrogens (tertiary/aromatic N) is 1. The van der Waals surface area contributed by atoms with E-state index >= 15 is 0 Å². The number of carbonyl (C=O) groups is 4. The van der Waals surface area contributed by atoms with Crippen molar-refractivity contribution >= 4 is 23.7 Å². The zero-order valence-corrected chi connectivity index (χ0v) is 19.6. The summed E-state index contributed by atoms with van der Waals surface area (Å²) >= 11 is 0. The number of hydrogen-bond donors (Lipinski definition) is 0. The summed E-state index contributed by atoms with van der Waals surface area (Å²) < 4.78 is 15.5. The Bertz CT molecular complexity index is 929. The van der Waals surface area contributed by atoms with E-state index in [9.17, 15) is 19.2 Å². The second kappa shape index (κ2) is 14.6. The number of esters is 3. The molecule has 1 unspecified atom stereocenters. The third-order valence-corrected chi connectivity index (χ3v) is 4.71. The minimum absolute atomic E-state index is 0.0616. The van der Waals surface area contributed by atoms with Crippen molar-refractivity contribution in [3.05, 3.63) is 71.8 Å². The summed E-state index contributed by atoms with van der Waals surface area (Å²) in [5.41, 5.74) is 1.82. The highest BCUT2D eigenvalue weighted by atomic mass is 16.6. The van der Waals surface area contributed by atoms with E-state index in [1.165, 1.54) is 0 Å². The molecule has 2 rings (SSSR count). The van der Waals surface area contributed by atoms with Crippen LogP contribution in [0.3, 0.4) is 0 Å². The highest BCUT2D eigenvalue weighted by Crippen LogP contribution is 2.07. The third kappa shape index (κ3) is 11.4. The smallest absolute Gasteiger partial charge is 0.317 e. The average molecular weight is 470 g/mol. The van der Waals surface area contributed by atoms with E-state index in [-0.39, 0.29) is 38.4 Å². The van der Waals surface area contributed by atoms with Gasteiger partial charge in [-0.25, -0.2) is 0 Å². The normalized spacial score (nSPS) is 11.5. The van der Waals surface area contributed by atoms with Crippen molar-refractivity contribution in [1.82, 2.24) is 4.90 Å². The molecule has 0 radical (unpaired) electrons. The van der Waals surface area contributed by atoms with Crippen molar-refractivity contribution in [2.45, 2.75) is 38.4 Å². The van der Waals surface area contributed by atoms with E-state index in [1.54, 1.807) is 31.1 Å². The van der Waals surface area contributed by atoms with Crippen LogP contribution in [0.5, 0.6) is 0 Å². The summed E-state index contributed by atoms with van der Waals surface area (Å²) in [6.07, 6.45) is -0.887. The summed E-state index contributed by atoms with van der Waals surface area (Å²) in [4.78, 5) is 50.0. The molecule has 0 amide bonds. The molecule has 0 saturated heterocycles. The van der Waals surface area contributed by atoms with Gasteiger partial charge >= 0.3 is 17.9 Å². The fourth-order valence-corrected chi connectivity index (χ4v) is 3.08. The maximum absolute atomic E-state index is 12.2. The molecule has 2 aromatic rings. The molecule has 0 bridgehead atoms. The summed E-state index contributed by atoms with van der Waals surface area (Å²) in [6.45, 7) is 0.120. The van der Waals surface area contributed by atoms with Gasteiger partial charge in [0.05, 0.1) is 0 Å². The maximum Gasteiger partial charge on any atom is 0.317 e. The number of Topliss-reactive ketones (excluding diaryl/α,β-unsaturated/α-hetero) is 1. The lowest BCUT2D eigenvalue weighted by Gasteiger charge is -2.21. The second-order valence-corrected chi connectivity index (χ2v) is 8.08. The van der Waals surface area contributed by atoms with Gasteiger partial charge in [0.15, 0.2) is 0 Å². The highest BCUT2D eigenvalue weighted by Gasteiger charge is 2.21. The Balaban J connectivity index is 1.72. The van der Waals surface area contributed by atoms with Gasteiger partial charge in [0.1, 0.15) is 37.9 Å². The summed E-state index contributed by atoms with van der Waals surface area (Å²) in [5.74, 6) is -2.39. The van der Waals surface area contributed by atoms with E-state index in [0.29, 0.717) is 6.42 Å². The van der Waals surface area contributed by atoms with Crippen molar-refractivity contribution in [2.24, 2.45) is 0 Å². The molecule has 0 aliphatic heterocycles. The number of ether oxygens (including phenoxy) is 3. The number of rotatable bonds is 14. The number of aryl methyl sites for hydroxylation is 1. The molecule has 0 aromatic heterocycles. The zero-order chi connectivity index (χ0) is 24.8. The van der Waals surface area contributed by atoms with Crippen LogP contribution in [0.15, 0.2) is 60.7 Å². The number of ketones is 1. The minimum atomic E-state index is -0.781. The standard InChI is InChI=1S/C26H31NO7/c1-27(2)17-23(34-26(31)15-22(28)14-13-20-9-5-3-6-10-20)19-33-25(30)16-24(29)32-18-21-11-7-4-8-12-21/h3-12,23H,13-19H2,1-2H3. The van der Waals surface area contributed by atoms with E-state index in [2.05, 4.69) is 0 Å². The van der Waals surface area contributed by atoms with Crippen LogP contribution < -0.4 is 0 Å². The SMILES string of the molecule is CN(C)CC(COC(=O)CC(=O)OCc1ccccc1)OC(=O)CC(=O)CCc1ccccc1. The first-order valence-electron chi connectivity index (χ1n) is 11.1. The molecule has 0 N–H and O–H groups in total. The van der Waals surface area contributed by atoms with Crippen LogP contribution in [-0.2, 0) is 46.4 Å². The summed E-state index contributed by atoms with van der Waals surface area (Å²) in [7, 11) is 3.54. The number of likely N-dealkylation sites (N-methyl/N-ethyl adjacent to an activating group) is 1. The lowest BCUT2D eigenvalue weighted by Crippen LogP contribution is -2.35. The van der Waals surface area contributed by atoms with Crippen LogP contribution in [0.4, 0.5) is 0 Å². The van der Waals surface area contributed by atoms with Crippen molar-refractivity contribution < 1.29 is 33.4 Å². The molecule has 182 valence electrons. The van der Waals surface area contributed by atoms with Crippen LogP contribution in [0.25, 0.3) is 0 Å². The van der Waals surface area contributed by atoms with Gasteiger partial charge in [0.25, 0.3) is 0 Å². The monoisotopic (exact) mass is 469 g/mol. The maximum atomic E-state index is 12.2. The van der Waals surface area contributed by atoms with Crippen molar-refractivity contribution in [2.75, 3.05) is 27.2 Å². The Morgan fingerprint density at radius 1 is 0.765 bits per heavy atom. The number of benzene rings is 2. The van der Waals surface area contributed by atoms with Gasteiger partial charge in [-0.1, -0.05) is 60.7 Å². The lowest BCUT2D eigenvalue weighted by molar-refractivity contribution is -0.164. The molecule has 1 atom stereocenters. The topological polar surface area (TPSA) is 99.2 Å². The quantitative estimate of drug-likeness (QED) is 0.237. The Hall–Kier alpha value is -3.52. The predicted octanol–water partition coefficient (Wildman–Crippen LogP) is 2.73. The third-order valence-electron chi connectivity index (χ3n) is 4.71. The molecule has 0 aliphatic rings. The molecule has 34 heavy (non-hydrogen) atoms. The molecule has 0 spiro atoms. The van der Waals surface area contributed by atoms with Crippen LogP contribution in [0.2, 0.25) is 0 Å². The molecule has 8 nitrogen and oxygen atoms in total. The molecule has 0 heterocycles. The van der Waals surface area contributed by atoms with Crippen LogP contribution in [-0.4, -0.2) is 61.9 Å². The molecular weight excluding hydrogens is 438 g/mol. The van der Waals surface area contributed by atoms with Gasteiger partial charge in [-0.15, -0.1) is 0 Å². The minimum Gasteiger partial charge on any atom is -0.461 e. The van der Waals surface area contributed by atoms with E-state index in [1.807, 2.05) is 48.5 Å². The molecule has 0 saturated carbocycles. The first-order valence-corrected chi connectivity index (χ1v) is 11.1. The average Bonchev–Trinajstić information content (AvgIpc) is 2.81. The number of carbonyl (C=O) groups excluding carboxylic acids is 4. The van der Waals surface area contributed by atoms with Crippen molar-refractivity contribution in [3.63, 3.8) is 0 Å². The Labute approximate surface area is 199 Å². The van der Waals surface area contributed by atoms with Gasteiger partial charge in [0.2, 0.25) is 0 Å². The molecule has 0 aliphatic carbocycles. The Kier molecular flexibility index (Phi) is 11.5. The van der Waals surface area contributed by atoms with Crippen molar-refractivity contribution in [3.8, 4) is 0 Å². The fraction of sp³-hybridized carbons (Fsp3) is 0.385. The fourth-order valence-electron chi connectivity index (χ4n) is 3.08. The van der Waals surface area contributed by atoms with E-state index < -0.39 is 30.4 Å². The van der Waals surface area contributed by atoms with Gasteiger partial charge in [0, 0.05) is 13.0 Å². The van der Waals surface area contributed by atoms with Gasteiger partial charge in [-0.3, -0.25) is 19.2 Å². The molecule has 8 heteroatoms. The van der Waals surface area contributed by atoms with Gasteiger partial charge < -0.3 is 19.1 Å². The largest absolute Gasteiger partial charge is 0.461 e. The molecule has 2 aromatic carbocycles. The van der Waals surface area contributed by atoms with Crippen LogP contribution in [0.1, 0.15) is 30.4 Å². The van der Waals surface area contributed by atoms with E-state index in [0.717, 1.165) is 11.1 Å². The Morgan fingerprint density at radius 2 is 1.35 bits per heavy atom. The van der Waals surface area contributed by atoms with E-state index in [4.69, 9.17) is 14.2 Å². The first kappa shape index (κ1) is 26.7. The molecular formula is C26H31NO7. The first-order chi connectivity index (χ1) is 16.3. The predicted molar refractivity (Wildman–Crippen MR) is 125 cm³/mol. The van der Waals surface area contributed by atoms with Crippen LogP contribution >= 0.6 is 0 Å². The summed E-state index contributed by atoms with van der Waals surface area (Å²) in [5, 5.41) is 0. The second-order valence-electron chi connectivity index (χ2n) is 8.08. The Morgan fingerprint density at radius 3 is 1.97 bits per heavy atom. The highest BCUT2D eigenvalue weighted by molar-refractivity contribution is 5.95. The van der Waals surface area contributed by atoms with Gasteiger partial charge in [-0.2, -0.15) is 0 Å². The van der Waals surface area contributed by atoms with Crippen molar-refractivity contribution in [1.29, 1.82) is 0 Å². The van der Waals surface area contributed by atoms with Gasteiger partial charge in [-0.05, 0) is 31.6 Å². The molecule has 0 fully saturated rings. The zero-order valence-electron chi connectivity index (χ0n) is 19.6. The lowest BCUT2D eigenvalue weighted by atomic mass is 10.1. The summed E-state index contributed by atoms with van der Waals surface area (Å²) in [6, 6.07) is 18.6. The van der Waals surface area contributed by atoms with Crippen LogP contribution in [0, 0.1) is 0 Å². The number of hydrogen-bond acceptors (Lipinski definition) is 8.